The Bertz CT molecular complexity index is 585. The predicted octanol–water partition coefficient (Wildman–Crippen LogP) is 3.67. The minimum absolute atomic E-state index is 0.672. The summed E-state index contributed by atoms with van der Waals surface area (Å²) in [4.78, 5) is 11.2. The van der Waals surface area contributed by atoms with E-state index < -0.39 is 12.0 Å². The molecule has 20 heavy (non-hydrogen) atoms. The number of anilines is 1. The van der Waals surface area contributed by atoms with Gasteiger partial charge in [0.25, 0.3) is 0 Å². The topological polar surface area (TPSA) is 65.3 Å². The molecule has 0 aliphatic heterocycles. The zero-order chi connectivity index (χ0) is 14.4. The Hall–Kier alpha value is -2.69. The van der Waals surface area contributed by atoms with E-state index in [4.69, 9.17) is 5.11 Å². The lowest BCUT2D eigenvalue weighted by Gasteiger charge is -2.21. The number of hydrogen-bond donors (Lipinski definition) is 1. The third-order valence-electron chi connectivity index (χ3n) is 2.76. The molecule has 102 valence electrons. The fraction of sp³-hybridized carbons (Fsp3) is 0.133. The predicted molar refractivity (Wildman–Crippen MR) is 77.0 cm³/mol. The number of rotatable bonds is 5. The average Bonchev–Trinajstić information content (AvgIpc) is 2.49. The van der Waals surface area contributed by atoms with Crippen LogP contribution in [0.4, 0.5) is 11.4 Å². The van der Waals surface area contributed by atoms with Crippen LogP contribution in [0.1, 0.15) is 6.92 Å². The van der Waals surface area contributed by atoms with Gasteiger partial charge in [0.2, 0.25) is 0 Å². The lowest BCUT2D eigenvalue weighted by molar-refractivity contribution is -0.138. The van der Waals surface area contributed by atoms with Gasteiger partial charge in [-0.25, -0.2) is 9.80 Å². The highest BCUT2D eigenvalue weighted by Crippen LogP contribution is 2.19. The molecule has 2 rings (SSSR count). The van der Waals surface area contributed by atoms with Gasteiger partial charge in [-0.2, -0.15) is 0 Å². The summed E-state index contributed by atoms with van der Waals surface area (Å²) >= 11 is 0. The van der Waals surface area contributed by atoms with Crippen molar-refractivity contribution < 1.29 is 9.90 Å². The van der Waals surface area contributed by atoms with E-state index >= 15 is 0 Å². The highest BCUT2D eigenvalue weighted by atomic mass is 16.4. The normalized spacial score (nSPS) is 12.2. The molecule has 0 aliphatic carbocycles. The smallest absolute Gasteiger partial charge is 0.328 e. The number of aliphatic carboxylic acids is 1. The van der Waals surface area contributed by atoms with Crippen molar-refractivity contribution in [1.82, 2.24) is 0 Å². The van der Waals surface area contributed by atoms with E-state index in [9.17, 15) is 4.79 Å². The number of hydrogen-bond acceptors (Lipinski definition) is 3. The second-order valence-corrected chi connectivity index (χ2v) is 4.22. The van der Waals surface area contributed by atoms with Crippen LogP contribution in [0.15, 0.2) is 71.0 Å². The van der Waals surface area contributed by atoms with Crippen LogP contribution in [0.5, 0.6) is 0 Å². The van der Waals surface area contributed by atoms with Gasteiger partial charge in [0.15, 0.2) is 0 Å². The number of carboxylic acids is 1. The average molecular weight is 269 g/mol. The molecule has 2 aromatic rings. The fourth-order valence-corrected chi connectivity index (χ4v) is 1.63. The van der Waals surface area contributed by atoms with Gasteiger partial charge >= 0.3 is 5.97 Å². The Morgan fingerprint density at radius 2 is 1.60 bits per heavy atom. The SMILES string of the molecule is CC(C(=O)O)N(N=Nc1ccccc1)c1ccccc1. The standard InChI is InChI=1S/C15H15N3O2/c1-12(15(19)20)18(14-10-6-3-7-11-14)17-16-13-8-4-2-5-9-13/h2-12H,1H3,(H,19,20). The van der Waals surface area contributed by atoms with Crippen LogP contribution in [0.2, 0.25) is 0 Å². The van der Waals surface area contributed by atoms with Gasteiger partial charge in [-0.05, 0) is 31.2 Å². The van der Waals surface area contributed by atoms with Gasteiger partial charge in [-0.3, -0.25) is 0 Å². The van der Waals surface area contributed by atoms with Crippen molar-refractivity contribution in [3.8, 4) is 0 Å². The van der Waals surface area contributed by atoms with Gasteiger partial charge < -0.3 is 5.11 Å². The Balaban J connectivity index is 2.28. The van der Waals surface area contributed by atoms with E-state index in [1.807, 2.05) is 36.4 Å². The molecule has 1 N–H and O–H groups in total. The Morgan fingerprint density at radius 3 is 2.15 bits per heavy atom. The third-order valence-corrected chi connectivity index (χ3v) is 2.76. The summed E-state index contributed by atoms with van der Waals surface area (Å²) in [6, 6.07) is 17.5. The maximum atomic E-state index is 11.2. The zero-order valence-corrected chi connectivity index (χ0v) is 11.0. The monoisotopic (exact) mass is 269 g/mol. The maximum Gasteiger partial charge on any atom is 0.328 e. The largest absolute Gasteiger partial charge is 0.480 e. The highest BCUT2D eigenvalue weighted by molar-refractivity contribution is 5.77. The molecule has 0 aliphatic rings. The second kappa shape index (κ2) is 6.47. The van der Waals surface area contributed by atoms with Crippen molar-refractivity contribution in [3.05, 3.63) is 60.7 Å². The zero-order valence-electron chi connectivity index (χ0n) is 11.0. The number of para-hydroxylation sites is 1. The summed E-state index contributed by atoms with van der Waals surface area (Å²) in [5, 5.41) is 18.7. The maximum absolute atomic E-state index is 11.2. The summed E-state index contributed by atoms with van der Waals surface area (Å²) < 4.78 is 0. The second-order valence-electron chi connectivity index (χ2n) is 4.22. The van der Waals surface area contributed by atoms with Gasteiger partial charge in [0, 0.05) is 0 Å². The Morgan fingerprint density at radius 1 is 1.05 bits per heavy atom. The molecule has 0 saturated heterocycles. The van der Waals surface area contributed by atoms with Gasteiger partial charge in [-0.1, -0.05) is 41.6 Å². The first-order chi connectivity index (χ1) is 9.68. The molecule has 0 saturated carbocycles. The van der Waals surface area contributed by atoms with Crippen LogP contribution in [-0.4, -0.2) is 17.1 Å². The van der Waals surface area contributed by atoms with Crippen LogP contribution < -0.4 is 5.01 Å². The van der Waals surface area contributed by atoms with Gasteiger partial charge in [-0.15, -0.1) is 5.11 Å². The molecule has 5 heteroatoms. The summed E-state index contributed by atoms with van der Waals surface area (Å²) in [5.74, 6) is -0.958. The van der Waals surface area contributed by atoms with Gasteiger partial charge in [0.1, 0.15) is 6.04 Å². The molecule has 0 spiro atoms. The first-order valence-corrected chi connectivity index (χ1v) is 6.22. The molecule has 2 aromatic carbocycles. The van der Waals surface area contributed by atoms with Crippen LogP contribution >= 0.6 is 0 Å². The molecule has 0 fully saturated rings. The third kappa shape index (κ3) is 3.41. The molecule has 5 nitrogen and oxygen atoms in total. The molecule has 0 aromatic heterocycles. The summed E-state index contributed by atoms with van der Waals surface area (Å²) in [6.07, 6.45) is 0. The van der Waals surface area contributed by atoms with E-state index in [1.165, 1.54) is 5.01 Å². The Labute approximate surface area is 117 Å². The minimum Gasteiger partial charge on any atom is -0.480 e. The van der Waals surface area contributed by atoms with Crippen LogP contribution in [0.3, 0.4) is 0 Å². The molecule has 0 heterocycles. The molecule has 0 amide bonds. The minimum atomic E-state index is -0.958. The Kier molecular flexibility index (Phi) is 4.44. The van der Waals surface area contributed by atoms with E-state index in [2.05, 4.69) is 10.3 Å². The summed E-state index contributed by atoms with van der Waals surface area (Å²) in [5.41, 5.74) is 1.35. The lowest BCUT2D eigenvalue weighted by Crippen LogP contribution is -2.34. The highest BCUT2D eigenvalue weighted by Gasteiger charge is 2.21. The van der Waals surface area contributed by atoms with Crippen molar-refractivity contribution in [1.29, 1.82) is 0 Å². The quantitative estimate of drug-likeness (QED) is 0.665. The first-order valence-electron chi connectivity index (χ1n) is 6.22. The first kappa shape index (κ1) is 13.7. The number of carbonyl (C=O) groups is 1. The summed E-state index contributed by atoms with van der Waals surface area (Å²) in [7, 11) is 0. The van der Waals surface area contributed by atoms with E-state index in [0.29, 0.717) is 11.4 Å². The van der Waals surface area contributed by atoms with E-state index in [1.54, 1.807) is 31.2 Å². The van der Waals surface area contributed by atoms with Crippen LogP contribution in [0.25, 0.3) is 0 Å². The van der Waals surface area contributed by atoms with Crippen molar-refractivity contribution in [2.75, 3.05) is 5.01 Å². The van der Waals surface area contributed by atoms with Crippen LogP contribution in [0, 0.1) is 0 Å². The van der Waals surface area contributed by atoms with Crippen molar-refractivity contribution in [2.24, 2.45) is 10.3 Å². The fourth-order valence-electron chi connectivity index (χ4n) is 1.63. The van der Waals surface area contributed by atoms with E-state index in [0.717, 1.165) is 0 Å². The van der Waals surface area contributed by atoms with Crippen molar-refractivity contribution >= 4 is 17.3 Å². The van der Waals surface area contributed by atoms with Crippen LogP contribution in [-0.2, 0) is 4.79 Å². The molecule has 1 atom stereocenters. The molecular weight excluding hydrogens is 254 g/mol. The number of nitrogens with zero attached hydrogens (tertiary/aromatic N) is 3. The van der Waals surface area contributed by atoms with Crippen molar-refractivity contribution in [2.45, 2.75) is 13.0 Å². The number of benzene rings is 2. The van der Waals surface area contributed by atoms with Gasteiger partial charge in [0.05, 0.1) is 11.4 Å². The molecular formula is C15H15N3O2. The van der Waals surface area contributed by atoms with Crippen molar-refractivity contribution in [3.63, 3.8) is 0 Å². The van der Waals surface area contributed by atoms with E-state index in [-0.39, 0.29) is 0 Å². The lowest BCUT2D eigenvalue weighted by atomic mass is 10.2. The molecule has 0 radical (unpaired) electrons. The summed E-state index contributed by atoms with van der Waals surface area (Å²) in [6.45, 7) is 1.57. The molecule has 1 unspecified atom stereocenters. The number of carboxylic acid groups (broad SMARTS) is 1. The molecule has 0 bridgehead atoms.